The van der Waals surface area contributed by atoms with Crippen molar-refractivity contribution in [3.05, 3.63) is 83.2 Å². The third kappa shape index (κ3) is 3.37. The molecule has 0 saturated heterocycles. The van der Waals surface area contributed by atoms with Crippen molar-refractivity contribution in [3.63, 3.8) is 0 Å². The summed E-state index contributed by atoms with van der Waals surface area (Å²) in [7, 11) is 0. The Morgan fingerprint density at radius 3 is 2.82 bits per heavy atom. The van der Waals surface area contributed by atoms with Gasteiger partial charge in [-0.15, -0.1) is 0 Å². The molecule has 4 rings (SSSR count). The number of benzene rings is 1. The number of hydrogen-bond acceptors (Lipinski definition) is 5. The topological polar surface area (TPSA) is 104 Å². The molecule has 0 bridgehead atoms. The van der Waals surface area contributed by atoms with Crippen LogP contribution in [-0.4, -0.2) is 33.4 Å². The largest absolute Gasteiger partial charge is 0.477 e. The van der Waals surface area contributed by atoms with Gasteiger partial charge in [0.05, 0.1) is 0 Å². The second-order valence-electron chi connectivity index (χ2n) is 6.26. The first kappa shape index (κ1) is 17.5. The van der Waals surface area contributed by atoms with Gasteiger partial charge in [0.25, 0.3) is 0 Å². The number of H-pyrrole nitrogens is 1. The highest BCUT2D eigenvalue weighted by molar-refractivity contribution is 6.26. The molecular formula is C21H17N3O4. The molecular weight excluding hydrogens is 358 g/mol. The van der Waals surface area contributed by atoms with Gasteiger partial charge in [-0.05, 0) is 30.2 Å². The van der Waals surface area contributed by atoms with E-state index in [1.54, 1.807) is 18.5 Å². The Bertz CT molecular complexity index is 1110. The quantitative estimate of drug-likeness (QED) is 0.452. The fourth-order valence-electron chi connectivity index (χ4n) is 3.05. The van der Waals surface area contributed by atoms with Crippen LogP contribution in [0.25, 0.3) is 17.1 Å². The maximum atomic E-state index is 12.6. The van der Waals surface area contributed by atoms with Gasteiger partial charge in [0.1, 0.15) is 5.65 Å². The molecule has 3 aromatic rings. The first-order valence-electron chi connectivity index (χ1n) is 8.75. The minimum Gasteiger partial charge on any atom is -0.477 e. The van der Waals surface area contributed by atoms with Crippen molar-refractivity contribution >= 4 is 28.9 Å². The van der Waals surface area contributed by atoms with Gasteiger partial charge in [0.2, 0.25) is 11.7 Å². The molecule has 7 heteroatoms. The van der Waals surface area contributed by atoms with Gasteiger partial charge < -0.3 is 20.1 Å². The lowest BCUT2D eigenvalue weighted by Crippen LogP contribution is -2.20. The van der Waals surface area contributed by atoms with Crippen LogP contribution < -0.4 is 5.32 Å². The van der Waals surface area contributed by atoms with E-state index in [0.29, 0.717) is 24.2 Å². The lowest BCUT2D eigenvalue weighted by molar-refractivity contribution is -0.134. The number of nitrogens with one attached hydrogen (secondary N) is 2. The Hall–Kier alpha value is -3.87. The molecule has 0 amide bonds. The Morgan fingerprint density at radius 1 is 1.21 bits per heavy atom. The van der Waals surface area contributed by atoms with E-state index in [0.717, 1.165) is 10.9 Å². The second-order valence-corrected chi connectivity index (χ2v) is 6.26. The number of aliphatic carboxylic acids is 1. The third-order valence-electron chi connectivity index (χ3n) is 4.42. The summed E-state index contributed by atoms with van der Waals surface area (Å²) in [5.41, 5.74) is 2.07. The summed E-state index contributed by atoms with van der Waals surface area (Å²) in [5, 5.41) is 13.2. The van der Waals surface area contributed by atoms with Crippen molar-refractivity contribution in [3.8, 4) is 0 Å². The number of pyridine rings is 1. The molecule has 0 fully saturated rings. The lowest BCUT2D eigenvalue weighted by Gasteiger charge is -2.08. The van der Waals surface area contributed by atoms with Crippen LogP contribution in [0.15, 0.2) is 72.1 Å². The summed E-state index contributed by atoms with van der Waals surface area (Å²) in [6.45, 7) is 0.438. The van der Waals surface area contributed by atoms with Gasteiger partial charge in [0, 0.05) is 29.9 Å². The van der Waals surface area contributed by atoms with E-state index in [1.807, 2.05) is 36.4 Å². The van der Waals surface area contributed by atoms with Crippen molar-refractivity contribution in [2.24, 2.45) is 0 Å². The zero-order valence-corrected chi connectivity index (χ0v) is 14.8. The number of allylic oxidation sites excluding steroid dienone is 1. The van der Waals surface area contributed by atoms with Crippen molar-refractivity contribution in [2.45, 2.75) is 6.42 Å². The number of carboxylic acids is 1. The fourth-order valence-corrected chi connectivity index (χ4v) is 3.05. The Kier molecular flexibility index (Phi) is 4.63. The summed E-state index contributed by atoms with van der Waals surface area (Å²) in [6, 6.07) is 13.4. The molecule has 1 aliphatic heterocycles. The number of hydrogen-bond donors (Lipinski definition) is 3. The van der Waals surface area contributed by atoms with Crippen LogP contribution in [0.2, 0.25) is 0 Å². The molecule has 0 aliphatic carbocycles. The number of Topliss-reactive ketones (excluding diaryl/α,β-unsaturated/α-hetero) is 1. The van der Waals surface area contributed by atoms with Gasteiger partial charge in [-0.25, -0.2) is 9.78 Å². The molecule has 140 valence electrons. The third-order valence-corrected chi connectivity index (χ3v) is 4.42. The lowest BCUT2D eigenvalue weighted by atomic mass is 10.1. The molecule has 7 nitrogen and oxygen atoms in total. The highest BCUT2D eigenvalue weighted by Gasteiger charge is 2.35. The summed E-state index contributed by atoms with van der Waals surface area (Å²) < 4.78 is 5.57. The maximum Gasteiger partial charge on any atom is 0.345 e. The smallest absolute Gasteiger partial charge is 0.345 e. The summed E-state index contributed by atoms with van der Waals surface area (Å²) >= 11 is 0. The normalized spacial score (nSPS) is 15.3. The van der Waals surface area contributed by atoms with E-state index in [-0.39, 0.29) is 11.6 Å². The molecule has 0 atom stereocenters. The second kappa shape index (κ2) is 7.40. The summed E-state index contributed by atoms with van der Waals surface area (Å²) in [4.78, 5) is 31.3. The van der Waals surface area contributed by atoms with Gasteiger partial charge in [0.15, 0.2) is 11.3 Å². The van der Waals surface area contributed by atoms with E-state index >= 15 is 0 Å². The van der Waals surface area contributed by atoms with E-state index < -0.39 is 17.3 Å². The molecule has 3 N–H and O–H groups in total. The number of ketones is 1. The van der Waals surface area contributed by atoms with Gasteiger partial charge in [-0.1, -0.05) is 30.3 Å². The Morgan fingerprint density at radius 2 is 2.04 bits per heavy atom. The zero-order chi connectivity index (χ0) is 19.5. The number of rotatable bonds is 6. The number of carbonyl (C=O) groups is 2. The average molecular weight is 375 g/mol. The van der Waals surface area contributed by atoms with Gasteiger partial charge in [-0.3, -0.25) is 4.79 Å². The number of ether oxygens (including phenoxy) is 1. The van der Waals surface area contributed by atoms with E-state index in [2.05, 4.69) is 15.3 Å². The minimum atomic E-state index is -1.32. The molecule has 1 aliphatic rings. The Labute approximate surface area is 160 Å². The first-order valence-corrected chi connectivity index (χ1v) is 8.75. The first-order chi connectivity index (χ1) is 13.6. The van der Waals surface area contributed by atoms with Crippen molar-refractivity contribution in [1.82, 2.24) is 15.3 Å². The maximum absolute atomic E-state index is 12.6. The van der Waals surface area contributed by atoms with Crippen LogP contribution in [0.5, 0.6) is 0 Å². The van der Waals surface area contributed by atoms with Crippen LogP contribution in [0, 0.1) is 0 Å². The molecule has 2 aromatic heterocycles. The average Bonchev–Trinajstić information content (AvgIpc) is 3.24. The van der Waals surface area contributed by atoms with Crippen molar-refractivity contribution < 1.29 is 19.4 Å². The summed E-state index contributed by atoms with van der Waals surface area (Å²) in [5.74, 6) is -2.05. The number of carbonyl (C=O) groups excluding carboxylic acids is 1. The van der Waals surface area contributed by atoms with E-state index in [4.69, 9.17) is 4.74 Å². The van der Waals surface area contributed by atoms with Gasteiger partial charge >= 0.3 is 5.97 Å². The number of aromatic amines is 1. The van der Waals surface area contributed by atoms with Crippen LogP contribution in [0.3, 0.4) is 0 Å². The minimum absolute atomic E-state index is 0.0300. The predicted molar refractivity (Wildman–Crippen MR) is 103 cm³/mol. The van der Waals surface area contributed by atoms with Crippen LogP contribution >= 0.6 is 0 Å². The molecule has 28 heavy (non-hydrogen) atoms. The molecule has 0 radical (unpaired) electrons. The number of aromatic nitrogens is 2. The molecule has 0 spiro atoms. The van der Waals surface area contributed by atoms with Crippen molar-refractivity contribution in [2.75, 3.05) is 6.54 Å². The summed E-state index contributed by atoms with van der Waals surface area (Å²) in [6.07, 6.45) is 5.55. The highest BCUT2D eigenvalue weighted by atomic mass is 16.5. The van der Waals surface area contributed by atoms with Gasteiger partial charge in [-0.2, -0.15) is 0 Å². The van der Waals surface area contributed by atoms with Crippen LogP contribution in [0.1, 0.15) is 11.1 Å². The molecule has 0 saturated carbocycles. The Balaban J connectivity index is 1.54. The highest BCUT2D eigenvalue weighted by Crippen LogP contribution is 2.27. The molecule has 1 aromatic carbocycles. The fraction of sp³-hybridized carbons (Fsp3) is 0.0952. The standard InChI is InChI=1S/C21H17N3O4/c25-18-16(11-14-12-24-19-15(14)7-4-9-22-19)28-20(17(18)21(26)27)23-10-8-13-5-2-1-3-6-13/h1-7,9,11-12,23H,8,10H2,(H,22,24)(H,26,27)/b16-11-. The zero-order valence-electron chi connectivity index (χ0n) is 14.8. The SMILES string of the molecule is O=C(O)C1=C(NCCc2ccccc2)O/C(=C\c2c[nH]c3ncccc23)C1=O. The molecule has 3 heterocycles. The van der Waals surface area contributed by atoms with Crippen LogP contribution in [-0.2, 0) is 20.7 Å². The number of nitrogens with zero attached hydrogens (tertiary/aromatic N) is 1. The monoisotopic (exact) mass is 375 g/mol. The van der Waals surface area contributed by atoms with E-state index in [1.165, 1.54) is 6.08 Å². The van der Waals surface area contributed by atoms with Crippen LogP contribution in [0.4, 0.5) is 0 Å². The predicted octanol–water partition coefficient (Wildman–Crippen LogP) is 2.63. The number of fused-ring (bicyclic) bond motifs is 1. The van der Waals surface area contributed by atoms with Crippen molar-refractivity contribution in [1.29, 1.82) is 0 Å². The molecule has 0 unspecified atom stereocenters. The number of carboxylic acid groups (broad SMARTS) is 1. The van der Waals surface area contributed by atoms with E-state index in [9.17, 15) is 14.7 Å².